The number of aromatic nitrogens is 3. The minimum Gasteiger partial charge on any atom is -0.508 e. The highest BCUT2D eigenvalue weighted by Crippen LogP contribution is 2.30. The molecule has 2 aromatic heterocycles. The molecular weight excluding hydrogens is 421 g/mol. The molecule has 0 bridgehead atoms. The van der Waals surface area contributed by atoms with Gasteiger partial charge in [0.05, 0.1) is 11.9 Å². The van der Waals surface area contributed by atoms with Crippen molar-refractivity contribution in [1.29, 1.82) is 0 Å². The Morgan fingerprint density at radius 3 is 2.73 bits per heavy atom. The number of fused-ring (bicyclic) bond motifs is 1. The Bertz CT molecular complexity index is 1260. The molecule has 0 aliphatic rings. The van der Waals surface area contributed by atoms with Crippen molar-refractivity contribution in [2.75, 3.05) is 25.2 Å². The van der Waals surface area contributed by atoms with Gasteiger partial charge >= 0.3 is 0 Å². The molecule has 0 fully saturated rings. The average molecular weight is 448 g/mol. The maximum atomic E-state index is 13.5. The van der Waals surface area contributed by atoms with Crippen molar-refractivity contribution in [3.63, 3.8) is 0 Å². The van der Waals surface area contributed by atoms with Gasteiger partial charge in [-0.3, -0.25) is 4.90 Å². The quantitative estimate of drug-likeness (QED) is 0.242. The number of para-hydroxylation sites is 1. The number of aromatic hydroxyl groups is 2. The zero-order chi connectivity index (χ0) is 23.2. The first-order valence-electron chi connectivity index (χ1n) is 10.7. The van der Waals surface area contributed by atoms with Crippen molar-refractivity contribution in [3.8, 4) is 22.8 Å². The summed E-state index contributed by atoms with van der Waals surface area (Å²) in [6.07, 6.45) is 4.07. The largest absolute Gasteiger partial charge is 0.508 e. The van der Waals surface area contributed by atoms with E-state index in [0.717, 1.165) is 11.1 Å². The molecule has 0 saturated carbocycles. The van der Waals surface area contributed by atoms with Crippen LogP contribution in [0.1, 0.15) is 17.5 Å². The third kappa shape index (κ3) is 5.12. The summed E-state index contributed by atoms with van der Waals surface area (Å²) < 4.78 is 15.2. The van der Waals surface area contributed by atoms with Gasteiger partial charge in [0.15, 0.2) is 5.65 Å². The van der Waals surface area contributed by atoms with Crippen molar-refractivity contribution in [2.24, 2.45) is 0 Å². The summed E-state index contributed by atoms with van der Waals surface area (Å²) in [5, 5.41) is 27.7. The standard InChI is InChI=1S/C25H26FN5O2/c1-2-19-15-28-31-24(14-22(29-25(19)31)21-9-3-4-10-23(21)33)27-11-6-12-30(17-26)16-18-7-5-8-20(32)13-18/h2-5,7-10,13-15,27,32-33H,1,6,11-12,16-17H2. The number of hydrogen-bond acceptors (Lipinski definition) is 6. The molecule has 0 aliphatic carbocycles. The SMILES string of the molecule is C=Cc1cnn2c(NCCCN(CF)Cc3cccc(O)c3)cc(-c3ccccc3O)nc12. The Kier molecular flexibility index (Phi) is 6.85. The van der Waals surface area contributed by atoms with E-state index in [0.29, 0.717) is 48.8 Å². The molecular formula is C25H26FN5O2. The van der Waals surface area contributed by atoms with Crippen LogP contribution in [0.2, 0.25) is 0 Å². The highest BCUT2D eigenvalue weighted by Gasteiger charge is 2.13. The second kappa shape index (κ2) is 10.1. The van der Waals surface area contributed by atoms with Gasteiger partial charge in [-0.25, -0.2) is 9.37 Å². The lowest BCUT2D eigenvalue weighted by molar-refractivity contribution is 0.177. The van der Waals surface area contributed by atoms with Gasteiger partial charge in [0.2, 0.25) is 0 Å². The topological polar surface area (TPSA) is 85.9 Å². The number of halogens is 1. The smallest absolute Gasteiger partial charge is 0.165 e. The van der Waals surface area contributed by atoms with E-state index in [1.54, 1.807) is 52.0 Å². The molecule has 0 unspecified atom stereocenters. The molecule has 7 nitrogen and oxygen atoms in total. The fraction of sp³-hybridized carbons (Fsp3) is 0.200. The third-order valence-corrected chi connectivity index (χ3v) is 5.34. The van der Waals surface area contributed by atoms with Gasteiger partial charge in [0.25, 0.3) is 0 Å². The summed E-state index contributed by atoms with van der Waals surface area (Å²) in [7, 11) is 0. The van der Waals surface area contributed by atoms with E-state index in [4.69, 9.17) is 0 Å². The summed E-state index contributed by atoms with van der Waals surface area (Å²) >= 11 is 0. The van der Waals surface area contributed by atoms with Crippen LogP contribution in [0.4, 0.5) is 10.2 Å². The summed E-state index contributed by atoms with van der Waals surface area (Å²) in [4.78, 5) is 6.35. The lowest BCUT2D eigenvalue weighted by Gasteiger charge is -2.19. The Morgan fingerprint density at radius 2 is 1.97 bits per heavy atom. The number of phenols is 2. The molecule has 8 heteroatoms. The molecule has 170 valence electrons. The maximum Gasteiger partial charge on any atom is 0.165 e. The molecule has 0 amide bonds. The van der Waals surface area contributed by atoms with E-state index in [1.807, 2.05) is 24.3 Å². The van der Waals surface area contributed by atoms with Crippen molar-refractivity contribution < 1.29 is 14.6 Å². The molecule has 0 radical (unpaired) electrons. The van der Waals surface area contributed by atoms with Crippen molar-refractivity contribution in [1.82, 2.24) is 19.5 Å². The van der Waals surface area contributed by atoms with Crippen LogP contribution in [0.15, 0.2) is 67.4 Å². The normalized spacial score (nSPS) is 11.2. The highest BCUT2D eigenvalue weighted by atomic mass is 19.1. The number of rotatable bonds is 10. The number of nitrogens with zero attached hydrogens (tertiary/aromatic N) is 4. The summed E-state index contributed by atoms with van der Waals surface area (Å²) in [6, 6.07) is 15.7. The van der Waals surface area contributed by atoms with Crippen LogP contribution in [-0.4, -0.2) is 49.6 Å². The van der Waals surface area contributed by atoms with Gasteiger partial charge in [-0.1, -0.05) is 36.9 Å². The van der Waals surface area contributed by atoms with Crippen molar-refractivity contribution in [3.05, 3.63) is 78.5 Å². The second-order valence-corrected chi connectivity index (χ2v) is 7.71. The summed E-state index contributed by atoms with van der Waals surface area (Å²) in [6.45, 7) is 4.79. The first-order chi connectivity index (χ1) is 16.1. The molecule has 2 heterocycles. The monoisotopic (exact) mass is 447 g/mol. The molecule has 4 rings (SSSR count). The Hall–Kier alpha value is -3.91. The average Bonchev–Trinajstić information content (AvgIpc) is 3.24. The fourth-order valence-corrected chi connectivity index (χ4v) is 3.69. The van der Waals surface area contributed by atoms with Crippen LogP contribution in [0.5, 0.6) is 11.5 Å². The maximum absolute atomic E-state index is 13.5. The number of hydrogen-bond donors (Lipinski definition) is 3. The zero-order valence-electron chi connectivity index (χ0n) is 18.2. The lowest BCUT2D eigenvalue weighted by atomic mass is 10.1. The number of anilines is 1. The number of phenolic OH excluding ortho intramolecular Hbond substituents is 2. The predicted octanol–water partition coefficient (Wildman–Crippen LogP) is 4.68. The first kappa shape index (κ1) is 22.3. The van der Waals surface area contributed by atoms with Crippen LogP contribution in [-0.2, 0) is 6.54 Å². The highest BCUT2D eigenvalue weighted by molar-refractivity contribution is 5.74. The molecule has 33 heavy (non-hydrogen) atoms. The Labute approximate surface area is 191 Å². The minimum atomic E-state index is -0.575. The van der Waals surface area contributed by atoms with Crippen LogP contribution in [0, 0.1) is 0 Å². The molecule has 0 saturated heterocycles. The van der Waals surface area contributed by atoms with Crippen LogP contribution < -0.4 is 5.32 Å². The van der Waals surface area contributed by atoms with E-state index < -0.39 is 6.80 Å². The minimum absolute atomic E-state index is 0.144. The molecule has 4 aromatic rings. The second-order valence-electron chi connectivity index (χ2n) is 7.71. The predicted molar refractivity (Wildman–Crippen MR) is 128 cm³/mol. The zero-order valence-corrected chi connectivity index (χ0v) is 18.2. The van der Waals surface area contributed by atoms with Crippen molar-refractivity contribution in [2.45, 2.75) is 13.0 Å². The number of alkyl halides is 1. The van der Waals surface area contributed by atoms with Gasteiger partial charge in [0, 0.05) is 36.8 Å². The molecule has 0 atom stereocenters. The van der Waals surface area contributed by atoms with Crippen molar-refractivity contribution >= 4 is 17.5 Å². The van der Waals surface area contributed by atoms with Gasteiger partial charge < -0.3 is 15.5 Å². The molecule has 0 spiro atoms. The van der Waals surface area contributed by atoms with Crippen LogP contribution in [0.25, 0.3) is 23.0 Å². The van der Waals surface area contributed by atoms with E-state index in [9.17, 15) is 14.6 Å². The van der Waals surface area contributed by atoms with Gasteiger partial charge in [-0.15, -0.1) is 0 Å². The van der Waals surface area contributed by atoms with E-state index >= 15 is 0 Å². The number of benzene rings is 2. The van der Waals surface area contributed by atoms with Gasteiger partial charge in [-0.05, 0) is 36.2 Å². The lowest BCUT2D eigenvalue weighted by Crippen LogP contribution is -2.25. The summed E-state index contributed by atoms with van der Waals surface area (Å²) in [5.41, 5.74) is 3.50. The summed E-state index contributed by atoms with van der Waals surface area (Å²) in [5.74, 6) is 1.03. The number of nitrogens with one attached hydrogen (secondary N) is 1. The van der Waals surface area contributed by atoms with Gasteiger partial charge in [-0.2, -0.15) is 9.61 Å². The molecule has 0 aliphatic heterocycles. The fourth-order valence-electron chi connectivity index (χ4n) is 3.69. The van der Waals surface area contributed by atoms with Crippen LogP contribution >= 0.6 is 0 Å². The first-order valence-corrected chi connectivity index (χ1v) is 10.7. The van der Waals surface area contributed by atoms with Crippen LogP contribution in [0.3, 0.4) is 0 Å². The Morgan fingerprint density at radius 1 is 1.12 bits per heavy atom. The molecule has 3 N–H and O–H groups in total. The molecule has 2 aromatic carbocycles. The van der Waals surface area contributed by atoms with E-state index in [1.165, 1.54) is 0 Å². The van der Waals surface area contributed by atoms with Gasteiger partial charge in [0.1, 0.15) is 24.1 Å². The third-order valence-electron chi connectivity index (χ3n) is 5.34. The Balaban J connectivity index is 1.48. The van der Waals surface area contributed by atoms with E-state index in [-0.39, 0.29) is 11.5 Å². The van der Waals surface area contributed by atoms with E-state index in [2.05, 4.69) is 22.0 Å².